The molecule has 0 aromatic heterocycles. The Morgan fingerprint density at radius 3 is 1.94 bits per heavy atom. The third-order valence-corrected chi connectivity index (χ3v) is 3.39. The van der Waals surface area contributed by atoms with Gasteiger partial charge in [0, 0.05) is 12.1 Å². The van der Waals surface area contributed by atoms with E-state index in [9.17, 15) is 13.2 Å². The van der Waals surface area contributed by atoms with Crippen LogP contribution >= 0.6 is 0 Å². The van der Waals surface area contributed by atoms with Gasteiger partial charge >= 0.3 is 6.18 Å². The van der Waals surface area contributed by atoms with Gasteiger partial charge in [0.25, 0.3) is 0 Å². The molecule has 0 saturated heterocycles. The van der Waals surface area contributed by atoms with Gasteiger partial charge in [0.15, 0.2) is 0 Å². The standard InChI is InChI=1S/C13H19F3N2/c1-12(9-17,18(2)3)8-10-4-6-11(7-5-10)13(14,15)16/h4-7H,8-9,17H2,1-3H3. The second kappa shape index (κ2) is 5.28. The molecule has 0 bridgehead atoms. The summed E-state index contributed by atoms with van der Waals surface area (Å²) in [6.07, 6.45) is -3.66. The predicted molar refractivity (Wildman–Crippen MR) is 66.3 cm³/mol. The third-order valence-electron chi connectivity index (χ3n) is 3.39. The first-order chi connectivity index (χ1) is 8.19. The zero-order valence-electron chi connectivity index (χ0n) is 10.9. The lowest BCUT2D eigenvalue weighted by Gasteiger charge is -2.35. The van der Waals surface area contributed by atoms with E-state index in [0.29, 0.717) is 13.0 Å². The number of likely N-dealkylation sites (N-methyl/N-ethyl adjacent to an activating group) is 1. The van der Waals surface area contributed by atoms with Crippen LogP contribution in [0.4, 0.5) is 13.2 Å². The molecule has 1 rings (SSSR count). The lowest BCUT2D eigenvalue weighted by atomic mass is 9.91. The number of halogens is 3. The minimum absolute atomic E-state index is 0.250. The van der Waals surface area contributed by atoms with Crippen molar-refractivity contribution in [1.82, 2.24) is 4.90 Å². The lowest BCUT2D eigenvalue weighted by Crippen LogP contribution is -2.49. The van der Waals surface area contributed by atoms with Crippen molar-refractivity contribution in [3.8, 4) is 0 Å². The van der Waals surface area contributed by atoms with Crippen molar-refractivity contribution < 1.29 is 13.2 Å². The molecular weight excluding hydrogens is 241 g/mol. The Morgan fingerprint density at radius 1 is 1.11 bits per heavy atom. The van der Waals surface area contributed by atoms with E-state index in [0.717, 1.165) is 17.7 Å². The highest BCUT2D eigenvalue weighted by Crippen LogP contribution is 2.29. The van der Waals surface area contributed by atoms with Crippen LogP contribution < -0.4 is 5.73 Å². The first kappa shape index (κ1) is 15.0. The summed E-state index contributed by atoms with van der Waals surface area (Å²) < 4.78 is 37.3. The first-order valence-corrected chi connectivity index (χ1v) is 5.73. The molecule has 0 amide bonds. The van der Waals surface area contributed by atoms with Crippen LogP contribution in [0.1, 0.15) is 18.1 Å². The van der Waals surface area contributed by atoms with E-state index in [1.54, 1.807) is 0 Å². The first-order valence-electron chi connectivity index (χ1n) is 5.73. The highest BCUT2D eigenvalue weighted by atomic mass is 19.4. The van der Waals surface area contributed by atoms with Crippen LogP contribution in [-0.2, 0) is 12.6 Å². The Hall–Kier alpha value is -1.07. The normalized spacial score (nSPS) is 15.8. The zero-order chi connectivity index (χ0) is 14.0. The van der Waals surface area contributed by atoms with Gasteiger partial charge in [0.2, 0.25) is 0 Å². The summed E-state index contributed by atoms with van der Waals surface area (Å²) in [7, 11) is 3.83. The summed E-state index contributed by atoms with van der Waals surface area (Å²) >= 11 is 0. The van der Waals surface area contributed by atoms with Gasteiger partial charge in [-0.3, -0.25) is 0 Å². The molecule has 2 N–H and O–H groups in total. The number of nitrogens with two attached hydrogens (primary N) is 1. The molecule has 1 aromatic rings. The quantitative estimate of drug-likeness (QED) is 0.901. The number of rotatable bonds is 4. The van der Waals surface area contributed by atoms with E-state index in [1.807, 2.05) is 25.9 Å². The average molecular weight is 260 g/mol. The largest absolute Gasteiger partial charge is 0.416 e. The van der Waals surface area contributed by atoms with Crippen LogP contribution in [0.15, 0.2) is 24.3 Å². The molecule has 0 fully saturated rings. The van der Waals surface area contributed by atoms with Gasteiger partial charge in [-0.05, 0) is 45.1 Å². The van der Waals surface area contributed by atoms with Gasteiger partial charge < -0.3 is 10.6 Å². The van der Waals surface area contributed by atoms with Crippen molar-refractivity contribution >= 4 is 0 Å². The highest BCUT2D eigenvalue weighted by molar-refractivity contribution is 5.26. The number of alkyl halides is 3. The van der Waals surface area contributed by atoms with Gasteiger partial charge in [-0.15, -0.1) is 0 Å². The lowest BCUT2D eigenvalue weighted by molar-refractivity contribution is -0.137. The minimum atomic E-state index is -4.28. The fourth-order valence-corrected chi connectivity index (χ4v) is 1.66. The van der Waals surface area contributed by atoms with E-state index in [1.165, 1.54) is 12.1 Å². The summed E-state index contributed by atoms with van der Waals surface area (Å²) in [4.78, 5) is 1.99. The van der Waals surface area contributed by atoms with Crippen molar-refractivity contribution in [2.75, 3.05) is 20.6 Å². The summed E-state index contributed by atoms with van der Waals surface area (Å²) in [5, 5.41) is 0. The Bertz CT molecular complexity index is 384. The maximum Gasteiger partial charge on any atom is 0.416 e. The zero-order valence-corrected chi connectivity index (χ0v) is 10.9. The molecule has 18 heavy (non-hydrogen) atoms. The number of hydrogen-bond acceptors (Lipinski definition) is 2. The van der Waals surface area contributed by atoms with Gasteiger partial charge in [0.1, 0.15) is 0 Å². The molecule has 0 radical (unpaired) electrons. The van der Waals surface area contributed by atoms with Gasteiger partial charge in [-0.25, -0.2) is 0 Å². The van der Waals surface area contributed by atoms with Crippen molar-refractivity contribution in [3.05, 3.63) is 35.4 Å². The molecule has 0 heterocycles. The van der Waals surface area contributed by atoms with Crippen LogP contribution in [0, 0.1) is 0 Å². The van der Waals surface area contributed by atoms with Crippen molar-refractivity contribution in [3.63, 3.8) is 0 Å². The predicted octanol–water partition coefficient (Wildman–Crippen LogP) is 2.53. The molecular formula is C13H19F3N2. The Morgan fingerprint density at radius 2 is 1.61 bits per heavy atom. The molecule has 5 heteroatoms. The third kappa shape index (κ3) is 3.46. The number of benzene rings is 1. The molecule has 102 valence electrons. The molecule has 0 aliphatic rings. The van der Waals surface area contributed by atoms with Gasteiger partial charge in [0.05, 0.1) is 5.56 Å². The summed E-state index contributed by atoms with van der Waals surface area (Å²) in [6.45, 7) is 2.44. The van der Waals surface area contributed by atoms with Crippen LogP contribution in [0.5, 0.6) is 0 Å². The van der Waals surface area contributed by atoms with Gasteiger partial charge in [-0.2, -0.15) is 13.2 Å². The summed E-state index contributed by atoms with van der Waals surface area (Å²) in [5.74, 6) is 0. The second-order valence-electron chi connectivity index (χ2n) is 4.97. The fourth-order valence-electron chi connectivity index (χ4n) is 1.66. The van der Waals surface area contributed by atoms with E-state index in [-0.39, 0.29) is 5.54 Å². The number of nitrogens with zero attached hydrogens (tertiary/aromatic N) is 1. The van der Waals surface area contributed by atoms with Crippen LogP contribution in [0.2, 0.25) is 0 Å². The summed E-state index contributed by atoms with van der Waals surface area (Å²) in [6, 6.07) is 5.25. The Kier molecular flexibility index (Phi) is 4.40. The maximum atomic E-state index is 12.4. The average Bonchev–Trinajstić information content (AvgIpc) is 2.28. The molecule has 2 nitrogen and oxygen atoms in total. The molecule has 0 aliphatic carbocycles. The molecule has 1 unspecified atom stereocenters. The monoisotopic (exact) mass is 260 g/mol. The fraction of sp³-hybridized carbons (Fsp3) is 0.538. The van der Waals surface area contributed by atoms with E-state index in [2.05, 4.69) is 0 Å². The molecule has 0 aliphatic heterocycles. The van der Waals surface area contributed by atoms with Crippen LogP contribution in [0.3, 0.4) is 0 Å². The van der Waals surface area contributed by atoms with E-state index in [4.69, 9.17) is 5.73 Å². The Balaban J connectivity index is 2.87. The van der Waals surface area contributed by atoms with Gasteiger partial charge in [-0.1, -0.05) is 12.1 Å². The van der Waals surface area contributed by atoms with Crippen LogP contribution in [0.25, 0.3) is 0 Å². The van der Waals surface area contributed by atoms with Crippen molar-refractivity contribution in [1.29, 1.82) is 0 Å². The SMILES string of the molecule is CN(C)C(C)(CN)Cc1ccc(C(F)(F)F)cc1. The van der Waals surface area contributed by atoms with E-state index >= 15 is 0 Å². The maximum absolute atomic E-state index is 12.4. The second-order valence-corrected chi connectivity index (χ2v) is 4.97. The number of hydrogen-bond donors (Lipinski definition) is 1. The van der Waals surface area contributed by atoms with Crippen molar-refractivity contribution in [2.24, 2.45) is 5.73 Å². The van der Waals surface area contributed by atoms with E-state index < -0.39 is 11.7 Å². The highest BCUT2D eigenvalue weighted by Gasteiger charge is 2.30. The smallest absolute Gasteiger partial charge is 0.329 e. The van der Waals surface area contributed by atoms with Crippen LogP contribution in [-0.4, -0.2) is 31.1 Å². The molecule has 0 spiro atoms. The van der Waals surface area contributed by atoms with Crippen molar-refractivity contribution in [2.45, 2.75) is 25.1 Å². The summed E-state index contributed by atoms with van der Waals surface area (Å²) in [5.41, 5.74) is 5.71. The Labute approximate surface area is 106 Å². The molecule has 0 saturated carbocycles. The topological polar surface area (TPSA) is 29.3 Å². The molecule has 1 aromatic carbocycles. The molecule has 1 atom stereocenters. The minimum Gasteiger partial charge on any atom is -0.329 e.